The van der Waals surface area contributed by atoms with Gasteiger partial charge in [-0.15, -0.1) is 0 Å². The van der Waals surface area contributed by atoms with Gasteiger partial charge in [-0.1, -0.05) is 0 Å². The third kappa shape index (κ3) is 3.17. The van der Waals surface area contributed by atoms with E-state index in [1.165, 1.54) is 24.3 Å². The molecular formula is C12H15FN2O2. The fourth-order valence-electron chi connectivity index (χ4n) is 1.78. The quantitative estimate of drug-likeness (QED) is 0.846. The van der Waals surface area contributed by atoms with Crippen LogP contribution in [0.4, 0.5) is 4.39 Å². The number of benzene rings is 1. The van der Waals surface area contributed by atoms with Gasteiger partial charge in [0.25, 0.3) is 5.91 Å². The summed E-state index contributed by atoms with van der Waals surface area (Å²) in [5, 5.41) is 0. The molecule has 2 N–H and O–H groups in total. The van der Waals surface area contributed by atoms with E-state index in [9.17, 15) is 9.18 Å². The maximum Gasteiger partial charge on any atom is 0.260 e. The number of rotatable bonds is 3. The molecule has 0 radical (unpaired) electrons. The van der Waals surface area contributed by atoms with Crippen LogP contribution in [0.3, 0.4) is 0 Å². The van der Waals surface area contributed by atoms with E-state index in [-0.39, 0.29) is 24.4 Å². The highest BCUT2D eigenvalue weighted by Gasteiger charge is 2.23. The molecule has 1 unspecified atom stereocenters. The van der Waals surface area contributed by atoms with Crippen molar-refractivity contribution in [3.63, 3.8) is 0 Å². The van der Waals surface area contributed by atoms with Crippen LogP contribution in [-0.4, -0.2) is 36.5 Å². The Balaban J connectivity index is 1.82. The zero-order valence-electron chi connectivity index (χ0n) is 9.43. The van der Waals surface area contributed by atoms with Gasteiger partial charge in [-0.2, -0.15) is 0 Å². The summed E-state index contributed by atoms with van der Waals surface area (Å²) >= 11 is 0. The van der Waals surface area contributed by atoms with Crippen molar-refractivity contribution < 1.29 is 13.9 Å². The van der Waals surface area contributed by atoms with E-state index in [1.54, 1.807) is 4.90 Å². The summed E-state index contributed by atoms with van der Waals surface area (Å²) in [5.74, 6) is 0.0831. The standard InChI is InChI=1S/C12H15FN2O2/c13-9-1-3-11(4-2-9)17-8-12(16)15-6-5-10(14)7-15/h1-4,10H,5-8,14H2. The van der Waals surface area contributed by atoms with E-state index in [0.717, 1.165) is 6.42 Å². The second-order valence-corrected chi connectivity index (χ2v) is 4.13. The molecule has 17 heavy (non-hydrogen) atoms. The van der Waals surface area contributed by atoms with Crippen molar-refractivity contribution in [3.8, 4) is 5.75 Å². The highest BCUT2D eigenvalue weighted by molar-refractivity contribution is 5.78. The summed E-state index contributed by atoms with van der Waals surface area (Å²) in [7, 11) is 0. The molecule has 5 heteroatoms. The van der Waals surface area contributed by atoms with Crippen LogP contribution in [0.5, 0.6) is 5.75 Å². The number of nitrogens with two attached hydrogens (primary N) is 1. The Morgan fingerprint density at radius 3 is 2.76 bits per heavy atom. The maximum atomic E-state index is 12.6. The Labute approximate surface area is 99.2 Å². The second kappa shape index (κ2) is 5.14. The molecule has 1 fully saturated rings. The van der Waals surface area contributed by atoms with Crippen molar-refractivity contribution >= 4 is 5.91 Å². The molecule has 4 nitrogen and oxygen atoms in total. The minimum Gasteiger partial charge on any atom is -0.484 e. The van der Waals surface area contributed by atoms with E-state index in [0.29, 0.717) is 18.8 Å². The van der Waals surface area contributed by atoms with Crippen LogP contribution < -0.4 is 10.5 Å². The lowest BCUT2D eigenvalue weighted by molar-refractivity contribution is -0.132. The Morgan fingerprint density at radius 2 is 2.18 bits per heavy atom. The lowest BCUT2D eigenvalue weighted by Gasteiger charge is -2.15. The van der Waals surface area contributed by atoms with Crippen LogP contribution in [0.1, 0.15) is 6.42 Å². The first-order valence-electron chi connectivity index (χ1n) is 5.57. The van der Waals surface area contributed by atoms with Gasteiger partial charge in [0.1, 0.15) is 11.6 Å². The molecule has 0 bridgehead atoms. The monoisotopic (exact) mass is 238 g/mol. The van der Waals surface area contributed by atoms with Gasteiger partial charge >= 0.3 is 0 Å². The van der Waals surface area contributed by atoms with Gasteiger partial charge in [-0.25, -0.2) is 4.39 Å². The van der Waals surface area contributed by atoms with Crippen LogP contribution in [0, 0.1) is 5.82 Å². The molecular weight excluding hydrogens is 223 g/mol. The van der Waals surface area contributed by atoms with Gasteiger partial charge in [0, 0.05) is 19.1 Å². The largest absolute Gasteiger partial charge is 0.484 e. The average molecular weight is 238 g/mol. The lowest BCUT2D eigenvalue weighted by atomic mass is 10.3. The van der Waals surface area contributed by atoms with Gasteiger partial charge in [0.15, 0.2) is 6.61 Å². The number of carbonyl (C=O) groups excluding carboxylic acids is 1. The molecule has 2 rings (SSSR count). The van der Waals surface area contributed by atoms with Crippen molar-refractivity contribution in [2.24, 2.45) is 5.73 Å². The molecule has 1 atom stereocenters. The van der Waals surface area contributed by atoms with Crippen LogP contribution in [0.2, 0.25) is 0 Å². The molecule has 1 amide bonds. The van der Waals surface area contributed by atoms with Crippen LogP contribution in [0.25, 0.3) is 0 Å². The molecule has 1 aliphatic rings. The molecule has 0 saturated carbocycles. The van der Waals surface area contributed by atoms with E-state index < -0.39 is 0 Å². The van der Waals surface area contributed by atoms with Crippen molar-refractivity contribution in [2.75, 3.05) is 19.7 Å². The lowest BCUT2D eigenvalue weighted by Crippen LogP contribution is -2.35. The van der Waals surface area contributed by atoms with E-state index in [1.807, 2.05) is 0 Å². The highest BCUT2D eigenvalue weighted by atomic mass is 19.1. The Bertz CT molecular complexity index is 394. The van der Waals surface area contributed by atoms with Crippen LogP contribution in [0.15, 0.2) is 24.3 Å². The van der Waals surface area contributed by atoms with Crippen LogP contribution in [-0.2, 0) is 4.79 Å². The van der Waals surface area contributed by atoms with Gasteiger partial charge < -0.3 is 15.4 Å². The van der Waals surface area contributed by atoms with E-state index in [4.69, 9.17) is 10.5 Å². The summed E-state index contributed by atoms with van der Waals surface area (Å²) in [6.45, 7) is 1.25. The summed E-state index contributed by atoms with van der Waals surface area (Å²) < 4.78 is 17.9. The predicted molar refractivity (Wildman–Crippen MR) is 61.1 cm³/mol. The summed E-state index contributed by atoms with van der Waals surface area (Å²) in [5.41, 5.74) is 5.71. The number of halogens is 1. The highest BCUT2D eigenvalue weighted by Crippen LogP contribution is 2.12. The topological polar surface area (TPSA) is 55.6 Å². The molecule has 1 saturated heterocycles. The Morgan fingerprint density at radius 1 is 1.47 bits per heavy atom. The zero-order valence-corrected chi connectivity index (χ0v) is 9.43. The molecule has 1 aliphatic heterocycles. The number of likely N-dealkylation sites (tertiary alicyclic amines) is 1. The van der Waals surface area contributed by atoms with Crippen molar-refractivity contribution in [3.05, 3.63) is 30.1 Å². The number of hydrogen-bond donors (Lipinski definition) is 1. The van der Waals surface area contributed by atoms with Gasteiger partial charge in [0.2, 0.25) is 0 Å². The maximum absolute atomic E-state index is 12.6. The third-order valence-corrected chi connectivity index (χ3v) is 2.75. The molecule has 92 valence electrons. The molecule has 0 aliphatic carbocycles. The first kappa shape index (κ1) is 11.9. The number of hydrogen-bond acceptors (Lipinski definition) is 3. The molecule has 1 heterocycles. The SMILES string of the molecule is NC1CCN(C(=O)COc2ccc(F)cc2)C1. The van der Waals surface area contributed by atoms with E-state index in [2.05, 4.69) is 0 Å². The summed E-state index contributed by atoms with van der Waals surface area (Å²) in [4.78, 5) is 13.4. The number of carbonyl (C=O) groups is 1. The van der Waals surface area contributed by atoms with Crippen molar-refractivity contribution in [1.82, 2.24) is 4.90 Å². The average Bonchev–Trinajstić information content (AvgIpc) is 2.75. The summed E-state index contributed by atoms with van der Waals surface area (Å²) in [6.07, 6.45) is 0.836. The number of amides is 1. The van der Waals surface area contributed by atoms with Crippen LogP contribution >= 0.6 is 0 Å². The zero-order chi connectivity index (χ0) is 12.3. The number of nitrogens with zero attached hydrogens (tertiary/aromatic N) is 1. The van der Waals surface area contributed by atoms with E-state index >= 15 is 0 Å². The fraction of sp³-hybridized carbons (Fsp3) is 0.417. The van der Waals surface area contributed by atoms with Gasteiger partial charge in [-0.3, -0.25) is 4.79 Å². The molecule has 0 aromatic heterocycles. The summed E-state index contributed by atoms with van der Waals surface area (Å²) in [6, 6.07) is 5.66. The molecule has 1 aromatic rings. The van der Waals surface area contributed by atoms with Crippen molar-refractivity contribution in [2.45, 2.75) is 12.5 Å². The first-order chi connectivity index (χ1) is 8.15. The first-order valence-corrected chi connectivity index (χ1v) is 5.57. The fourth-order valence-corrected chi connectivity index (χ4v) is 1.78. The smallest absolute Gasteiger partial charge is 0.260 e. The Kier molecular flexibility index (Phi) is 3.58. The molecule has 0 spiro atoms. The third-order valence-electron chi connectivity index (χ3n) is 2.75. The minimum absolute atomic E-state index is 0.0294. The van der Waals surface area contributed by atoms with Crippen molar-refractivity contribution in [1.29, 1.82) is 0 Å². The normalized spacial score (nSPS) is 19.4. The predicted octanol–water partition coefficient (Wildman–Crippen LogP) is 0.764. The number of ether oxygens (including phenoxy) is 1. The Hall–Kier alpha value is -1.62. The van der Waals surface area contributed by atoms with Gasteiger partial charge in [-0.05, 0) is 30.7 Å². The minimum atomic E-state index is -0.325. The van der Waals surface area contributed by atoms with Gasteiger partial charge in [0.05, 0.1) is 0 Å². The molecule has 1 aromatic carbocycles. The second-order valence-electron chi connectivity index (χ2n) is 4.13.